The molecule has 5 nitrogen and oxygen atoms in total. The van der Waals surface area contributed by atoms with Gasteiger partial charge in [-0.2, -0.15) is 0 Å². The maximum atomic E-state index is 4.27. The van der Waals surface area contributed by atoms with Crippen molar-refractivity contribution >= 4 is 0 Å². The lowest BCUT2D eigenvalue weighted by Gasteiger charge is -2.25. The van der Waals surface area contributed by atoms with Gasteiger partial charge in [-0.1, -0.05) is 0 Å². The molecule has 0 unspecified atom stereocenters. The Bertz CT molecular complexity index is 484. The van der Waals surface area contributed by atoms with E-state index < -0.39 is 0 Å². The summed E-state index contributed by atoms with van der Waals surface area (Å²) in [6.45, 7) is 6.38. The van der Waals surface area contributed by atoms with E-state index in [0.29, 0.717) is 0 Å². The fraction of sp³-hybridized carbons (Fsp3) is 0.571. The van der Waals surface area contributed by atoms with Gasteiger partial charge in [-0.3, -0.25) is 0 Å². The largest absolute Gasteiger partial charge is 0.337 e. The number of aryl methyl sites for hydroxylation is 2. The molecule has 0 bridgehead atoms. The van der Waals surface area contributed by atoms with Gasteiger partial charge in [-0.05, 0) is 33.7 Å². The molecule has 5 heteroatoms. The minimum atomic E-state index is -0.0408. The van der Waals surface area contributed by atoms with Gasteiger partial charge in [0.05, 0.1) is 23.9 Å². The summed E-state index contributed by atoms with van der Waals surface area (Å²) in [6, 6.07) is 0. The Morgan fingerprint density at radius 2 is 1.95 bits per heavy atom. The van der Waals surface area contributed by atoms with Crippen LogP contribution in [-0.2, 0) is 18.6 Å². The number of hydrogen-bond donors (Lipinski definition) is 1. The van der Waals surface area contributed by atoms with Crippen molar-refractivity contribution < 1.29 is 0 Å². The van der Waals surface area contributed by atoms with Gasteiger partial charge >= 0.3 is 0 Å². The van der Waals surface area contributed by atoms with Gasteiger partial charge in [0, 0.05) is 31.7 Å². The molecule has 0 fully saturated rings. The second-order valence-electron chi connectivity index (χ2n) is 5.35. The number of hydrogen-bond acceptors (Lipinski definition) is 3. The van der Waals surface area contributed by atoms with Crippen molar-refractivity contribution in [3.8, 4) is 0 Å². The zero-order valence-electron chi connectivity index (χ0n) is 12.0. The molecule has 2 aromatic rings. The smallest absolute Gasteiger partial charge is 0.0948 e. The third-order valence-corrected chi connectivity index (χ3v) is 3.60. The minimum absolute atomic E-state index is 0.0408. The summed E-state index contributed by atoms with van der Waals surface area (Å²) in [5.74, 6) is 0. The maximum Gasteiger partial charge on any atom is 0.0948 e. The van der Waals surface area contributed by atoms with E-state index in [1.54, 1.807) is 0 Å². The molecule has 0 aliphatic heterocycles. The van der Waals surface area contributed by atoms with Crippen molar-refractivity contribution in [3.63, 3.8) is 0 Å². The monoisotopic (exact) mass is 261 g/mol. The van der Waals surface area contributed by atoms with Crippen molar-refractivity contribution in [1.82, 2.24) is 24.4 Å². The first kappa shape index (κ1) is 13.8. The molecule has 2 aromatic heterocycles. The van der Waals surface area contributed by atoms with Crippen LogP contribution in [0.1, 0.15) is 32.4 Å². The van der Waals surface area contributed by atoms with Crippen molar-refractivity contribution in [1.29, 1.82) is 0 Å². The van der Waals surface area contributed by atoms with Crippen molar-refractivity contribution in [2.75, 3.05) is 7.05 Å². The van der Waals surface area contributed by atoms with Crippen LogP contribution in [0.2, 0.25) is 0 Å². The Kier molecular flexibility index (Phi) is 4.37. The Hall–Kier alpha value is -1.62. The highest BCUT2D eigenvalue weighted by Gasteiger charge is 2.21. The number of rotatable bonds is 7. The third-order valence-electron chi connectivity index (χ3n) is 3.60. The van der Waals surface area contributed by atoms with E-state index in [9.17, 15) is 0 Å². The van der Waals surface area contributed by atoms with E-state index in [4.69, 9.17) is 0 Å². The summed E-state index contributed by atoms with van der Waals surface area (Å²) in [6.07, 6.45) is 11.9. The summed E-state index contributed by atoms with van der Waals surface area (Å²) in [5, 5.41) is 3.32. The van der Waals surface area contributed by atoms with Crippen LogP contribution in [-0.4, -0.2) is 26.1 Å². The van der Waals surface area contributed by atoms with E-state index in [0.717, 1.165) is 25.9 Å². The molecular weight excluding hydrogens is 238 g/mol. The third kappa shape index (κ3) is 3.44. The first-order valence-electron chi connectivity index (χ1n) is 6.79. The number of imidazole rings is 2. The van der Waals surface area contributed by atoms with Gasteiger partial charge < -0.3 is 14.5 Å². The molecule has 104 valence electrons. The molecule has 0 saturated carbocycles. The number of unbranched alkanes of at least 4 members (excludes halogenated alkanes) is 1. The zero-order valence-corrected chi connectivity index (χ0v) is 12.0. The lowest BCUT2D eigenvalue weighted by Crippen LogP contribution is -2.35. The quantitative estimate of drug-likeness (QED) is 0.776. The second-order valence-corrected chi connectivity index (χ2v) is 5.35. The summed E-state index contributed by atoms with van der Waals surface area (Å²) < 4.78 is 4.36. The molecule has 0 aliphatic carbocycles. The molecule has 0 radical (unpaired) electrons. The van der Waals surface area contributed by atoms with Crippen LogP contribution in [0.5, 0.6) is 0 Å². The molecule has 2 heterocycles. The SMILES string of the molecule is CNC(C)(C)c1cncn1CCCCn1ccnc1. The van der Waals surface area contributed by atoms with Crippen molar-refractivity contribution in [2.45, 2.75) is 45.3 Å². The van der Waals surface area contributed by atoms with Crippen molar-refractivity contribution in [3.05, 3.63) is 36.9 Å². The lowest BCUT2D eigenvalue weighted by molar-refractivity contribution is 0.403. The predicted molar refractivity (Wildman–Crippen MR) is 75.8 cm³/mol. The summed E-state index contributed by atoms with van der Waals surface area (Å²) >= 11 is 0. The van der Waals surface area contributed by atoms with Gasteiger partial charge in [0.25, 0.3) is 0 Å². The van der Waals surface area contributed by atoms with E-state index in [2.05, 4.69) is 38.3 Å². The Balaban J connectivity index is 1.85. The molecular formula is C14H23N5. The highest BCUT2D eigenvalue weighted by molar-refractivity contribution is 5.10. The molecule has 0 atom stereocenters. The highest BCUT2D eigenvalue weighted by atomic mass is 15.1. The van der Waals surface area contributed by atoms with Gasteiger partial charge in [-0.25, -0.2) is 9.97 Å². The van der Waals surface area contributed by atoms with Crippen LogP contribution in [0.4, 0.5) is 0 Å². The fourth-order valence-electron chi connectivity index (χ4n) is 2.14. The van der Waals surface area contributed by atoms with Gasteiger partial charge in [0.2, 0.25) is 0 Å². The number of nitrogens with zero attached hydrogens (tertiary/aromatic N) is 4. The average molecular weight is 261 g/mol. The normalized spacial score (nSPS) is 11.9. The van der Waals surface area contributed by atoms with Crippen LogP contribution in [0.15, 0.2) is 31.2 Å². The van der Waals surface area contributed by atoms with E-state index in [1.165, 1.54) is 5.69 Å². The van der Waals surface area contributed by atoms with Crippen LogP contribution in [0.3, 0.4) is 0 Å². The van der Waals surface area contributed by atoms with Crippen LogP contribution in [0, 0.1) is 0 Å². The number of nitrogens with one attached hydrogen (secondary N) is 1. The van der Waals surface area contributed by atoms with Gasteiger partial charge in [0.15, 0.2) is 0 Å². The number of aromatic nitrogens is 4. The topological polar surface area (TPSA) is 47.7 Å². The standard InChI is InChI=1S/C14H23N5/c1-14(2,15-3)13-10-17-12-19(13)8-5-4-7-18-9-6-16-11-18/h6,9-12,15H,4-5,7-8H2,1-3H3. The van der Waals surface area contributed by atoms with Crippen LogP contribution < -0.4 is 5.32 Å². The molecule has 2 rings (SSSR count). The highest BCUT2D eigenvalue weighted by Crippen LogP contribution is 2.19. The Morgan fingerprint density at radius 3 is 2.63 bits per heavy atom. The summed E-state index contributed by atoms with van der Waals surface area (Å²) in [5.41, 5.74) is 1.19. The molecule has 19 heavy (non-hydrogen) atoms. The van der Waals surface area contributed by atoms with E-state index >= 15 is 0 Å². The van der Waals surface area contributed by atoms with Gasteiger partial charge in [0.1, 0.15) is 0 Å². The first-order valence-corrected chi connectivity index (χ1v) is 6.79. The second kappa shape index (κ2) is 6.02. The van der Waals surface area contributed by atoms with Crippen molar-refractivity contribution in [2.24, 2.45) is 0 Å². The maximum absolute atomic E-state index is 4.27. The first-order chi connectivity index (χ1) is 9.13. The fourth-order valence-corrected chi connectivity index (χ4v) is 2.14. The molecule has 0 amide bonds. The molecule has 0 aliphatic rings. The van der Waals surface area contributed by atoms with E-state index in [1.807, 2.05) is 38.3 Å². The Morgan fingerprint density at radius 1 is 1.16 bits per heavy atom. The van der Waals surface area contributed by atoms with E-state index in [-0.39, 0.29) is 5.54 Å². The molecule has 1 N–H and O–H groups in total. The Labute approximate surface area is 114 Å². The average Bonchev–Trinajstić information content (AvgIpc) is 3.06. The minimum Gasteiger partial charge on any atom is -0.337 e. The zero-order chi connectivity index (χ0) is 13.7. The molecule has 0 aromatic carbocycles. The molecule has 0 spiro atoms. The van der Waals surface area contributed by atoms with Crippen LogP contribution in [0.25, 0.3) is 0 Å². The van der Waals surface area contributed by atoms with Gasteiger partial charge in [-0.15, -0.1) is 0 Å². The van der Waals surface area contributed by atoms with Crippen LogP contribution >= 0.6 is 0 Å². The summed E-state index contributed by atoms with van der Waals surface area (Å²) in [7, 11) is 1.98. The lowest BCUT2D eigenvalue weighted by atomic mass is 10.0. The summed E-state index contributed by atoms with van der Waals surface area (Å²) in [4.78, 5) is 8.32. The molecule has 0 saturated heterocycles. The predicted octanol–water partition coefficient (Wildman–Crippen LogP) is 2.01.